The molecule has 0 amide bonds. The number of benzene rings is 1. The first-order chi connectivity index (χ1) is 8.22. The summed E-state index contributed by atoms with van der Waals surface area (Å²) in [6.07, 6.45) is 2.52. The number of hydrogen-bond donors (Lipinski definition) is 1. The van der Waals surface area contributed by atoms with Gasteiger partial charge in [0.05, 0.1) is 19.6 Å². The summed E-state index contributed by atoms with van der Waals surface area (Å²) >= 11 is 0. The van der Waals surface area contributed by atoms with Crippen LogP contribution in [-0.4, -0.2) is 24.3 Å². The molecule has 1 N–H and O–H groups in total. The molecule has 0 spiro atoms. The van der Waals surface area contributed by atoms with Gasteiger partial charge in [-0.15, -0.1) is 0 Å². The molecule has 1 unspecified atom stereocenters. The van der Waals surface area contributed by atoms with Crippen molar-refractivity contribution >= 4 is 5.97 Å². The van der Waals surface area contributed by atoms with Crippen molar-refractivity contribution in [3.05, 3.63) is 35.4 Å². The largest absolute Gasteiger partial charge is 0.469 e. The van der Waals surface area contributed by atoms with Gasteiger partial charge in [0, 0.05) is 5.92 Å². The average molecular weight is 234 g/mol. The van der Waals surface area contributed by atoms with E-state index in [-0.39, 0.29) is 18.3 Å². The normalized spacial score (nSPS) is 20.5. The van der Waals surface area contributed by atoms with E-state index in [4.69, 9.17) is 0 Å². The number of methoxy groups -OCH3 is 1. The third-order valence-electron chi connectivity index (χ3n) is 3.48. The van der Waals surface area contributed by atoms with Crippen LogP contribution in [0.1, 0.15) is 36.3 Å². The molecule has 0 bridgehead atoms. The first-order valence-electron chi connectivity index (χ1n) is 6.05. The second-order valence-electron chi connectivity index (χ2n) is 4.55. The molecule has 0 radical (unpaired) electrons. The molecule has 3 nitrogen and oxygen atoms in total. The lowest BCUT2D eigenvalue weighted by molar-refractivity contribution is -0.143. The second-order valence-corrected chi connectivity index (χ2v) is 4.55. The van der Waals surface area contributed by atoms with E-state index in [1.165, 1.54) is 18.2 Å². The van der Waals surface area contributed by atoms with Gasteiger partial charge in [-0.25, -0.2) is 0 Å². The predicted molar refractivity (Wildman–Crippen MR) is 64.8 cm³/mol. The molecule has 1 aromatic carbocycles. The maximum Gasteiger partial charge on any atom is 0.308 e. The van der Waals surface area contributed by atoms with E-state index in [1.54, 1.807) is 0 Å². The van der Waals surface area contributed by atoms with Gasteiger partial charge >= 0.3 is 5.97 Å². The van der Waals surface area contributed by atoms with Crippen molar-refractivity contribution in [3.63, 3.8) is 0 Å². The zero-order valence-electron chi connectivity index (χ0n) is 10.1. The Morgan fingerprint density at radius 1 is 1.53 bits per heavy atom. The zero-order chi connectivity index (χ0) is 12.3. The van der Waals surface area contributed by atoms with Gasteiger partial charge in [-0.05, 0) is 30.4 Å². The highest BCUT2D eigenvalue weighted by Crippen LogP contribution is 2.34. The quantitative estimate of drug-likeness (QED) is 0.814. The Kier molecular flexibility index (Phi) is 3.79. The molecule has 1 aliphatic carbocycles. The maximum atomic E-state index is 11.2. The van der Waals surface area contributed by atoms with Gasteiger partial charge in [0.2, 0.25) is 0 Å². The van der Waals surface area contributed by atoms with Gasteiger partial charge in [-0.3, -0.25) is 4.79 Å². The number of aryl methyl sites for hydroxylation is 1. The smallest absolute Gasteiger partial charge is 0.308 e. The fourth-order valence-electron chi connectivity index (χ4n) is 2.59. The maximum absolute atomic E-state index is 11.2. The Balaban J connectivity index is 2.15. The predicted octanol–water partition coefficient (Wildman–Crippen LogP) is 2.03. The van der Waals surface area contributed by atoms with E-state index in [0.29, 0.717) is 0 Å². The Bertz CT molecular complexity index is 400. The van der Waals surface area contributed by atoms with Gasteiger partial charge in [0.25, 0.3) is 0 Å². The van der Waals surface area contributed by atoms with Gasteiger partial charge in [0.15, 0.2) is 0 Å². The molecule has 2 rings (SSSR count). The van der Waals surface area contributed by atoms with Crippen LogP contribution in [0.4, 0.5) is 0 Å². The highest BCUT2D eigenvalue weighted by atomic mass is 16.5. The number of aliphatic hydroxyl groups is 1. The number of carbonyl (C=O) groups excluding carboxylic acids is 1. The summed E-state index contributed by atoms with van der Waals surface area (Å²) in [6.45, 7) is 0. The minimum absolute atomic E-state index is 0.0686. The summed E-state index contributed by atoms with van der Waals surface area (Å²) < 4.78 is 4.60. The van der Waals surface area contributed by atoms with Crippen LogP contribution in [0.2, 0.25) is 0 Å². The summed E-state index contributed by atoms with van der Waals surface area (Å²) in [5.41, 5.74) is 2.49. The molecule has 17 heavy (non-hydrogen) atoms. The lowest BCUT2D eigenvalue weighted by atomic mass is 9.79. The van der Waals surface area contributed by atoms with Crippen LogP contribution in [0, 0.1) is 0 Å². The molecular formula is C14H18O3. The first-order valence-corrected chi connectivity index (χ1v) is 6.05. The summed E-state index contributed by atoms with van der Waals surface area (Å²) in [5.74, 6) is -0.278. The van der Waals surface area contributed by atoms with Crippen molar-refractivity contribution in [2.45, 2.75) is 37.7 Å². The van der Waals surface area contributed by atoms with Gasteiger partial charge < -0.3 is 9.84 Å². The molecule has 92 valence electrons. The topological polar surface area (TPSA) is 46.5 Å². The van der Waals surface area contributed by atoms with Crippen molar-refractivity contribution < 1.29 is 14.6 Å². The van der Waals surface area contributed by atoms with Crippen LogP contribution in [0.5, 0.6) is 0 Å². The SMILES string of the molecule is COC(=O)C[C@@H](O)C1CCCc2ccccc21. The molecule has 0 saturated heterocycles. The third-order valence-corrected chi connectivity index (χ3v) is 3.48. The standard InChI is InChI=1S/C14H18O3/c1-17-14(16)9-13(15)12-8-4-6-10-5-2-3-7-11(10)12/h2-3,5,7,12-13,15H,4,6,8-9H2,1H3/t12?,13-/m1/s1. The number of aliphatic hydroxyl groups excluding tert-OH is 1. The fourth-order valence-corrected chi connectivity index (χ4v) is 2.59. The van der Waals surface area contributed by atoms with E-state index < -0.39 is 6.10 Å². The number of hydrogen-bond acceptors (Lipinski definition) is 3. The highest BCUT2D eigenvalue weighted by molar-refractivity contribution is 5.70. The lowest BCUT2D eigenvalue weighted by Gasteiger charge is -2.28. The molecule has 0 aliphatic heterocycles. The average Bonchev–Trinajstić information content (AvgIpc) is 2.37. The van der Waals surface area contributed by atoms with Crippen molar-refractivity contribution in [3.8, 4) is 0 Å². The summed E-state index contributed by atoms with van der Waals surface area (Å²) in [5, 5.41) is 10.1. The molecule has 0 heterocycles. The minimum atomic E-state index is -0.635. The molecule has 3 heteroatoms. The first kappa shape index (κ1) is 12.1. The molecule has 0 fully saturated rings. The monoisotopic (exact) mass is 234 g/mol. The Morgan fingerprint density at radius 3 is 3.06 bits per heavy atom. The fraction of sp³-hybridized carbons (Fsp3) is 0.500. The van der Waals surface area contributed by atoms with Gasteiger partial charge in [0.1, 0.15) is 0 Å². The number of esters is 1. The molecule has 2 atom stereocenters. The van der Waals surface area contributed by atoms with E-state index >= 15 is 0 Å². The number of ether oxygens (including phenoxy) is 1. The van der Waals surface area contributed by atoms with Crippen molar-refractivity contribution in [2.75, 3.05) is 7.11 Å². The second kappa shape index (κ2) is 5.32. The molecule has 1 aromatic rings. The number of rotatable bonds is 3. The number of fused-ring (bicyclic) bond motifs is 1. The van der Waals surface area contributed by atoms with Crippen LogP contribution >= 0.6 is 0 Å². The number of carbonyl (C=O) groups is 1. The molecule has 1 aliphatic rings. The van der Waals surface area contributed by atoms with Crippen LogP contribution in [0.15, 0.2) is 24.3 Å². The van der Waals surface area contributed by atoms with E-state index in [9.17, 15) is 9.90 Å². The van der Waals surface area contributed by atoms with Crippen LogP contribution in [0.3, 0.4) is 0 Å². The Labute approximate surface area is 101 Å². The summed E-state index contributed by atoms with van der Waals surface area (Å²) in [7, 11) is 1.35. The molecular weight excluding hydrogens is 216 g/mol. The Morgan fingerprint density at radius 2 is 2.29 bits per heavy atom. The van der Waals surface area contributed by atoms with E-state index in [0.717, 1.165) is 19.3 Å². The van der Waals surface area contributed by atoms with Crippen LogP contribution < -0.4 is 0 Å². The summed E-state index contributed by atoms with van der Waals surface area (Å²) in [4.78, 5) is 11.2. The van der Waals surface area contributed by atoms with Crippen LogP contribution in [-0.2, 0) is 16.0 Å². The third kappa shape index (κ3) is 2.67. The van der Waals surface area contributed by atoms with Crippen LogP contribution in [0.25, 0.3) is 0 Å². The summed E-state index contributed by atoms with van der Waals surface area (Å²) in [6, 6.07) is 8.17. The van der Waals surface area contributed by atoms with E-state index in [2.05, 4.69) is 16.9 Å². The van der Waals surface area contributed by atoms with Gasteiger partial charge in [-0.2, -0.15) is 0 Å². The highest BCUT2D eigenvalue weighted by Gasteiger charge is 2.27. The van der Waals surface area contributed by atoms with Crippen molar-refractivity contribution in [1.29, 1.82) is 0 Å². The zero-order valence-corrected chi connectivity index (χ0v) is 10.1. The Hall–Kier alpha value is -1.35. The minimum Gasteiger partial charge on any atom is -0.469 e. The van der Waals surface area contributed by atoms with Crippen molar-refractivity contribution in [1.82, 2.24) is 0 Å². The lowest BCUT2D eigenvalue weighted by Crippen LogP contribution is -2.25. The van der Waals surface area contributed by atoms with Crippen molar-refractivity contribution in [2.24, 2.45) is 0 Å². The molecule has 0 aromatic heterocycles. The molecule has 0 saturated carbocycles. The van der Waals surface area contributed by atoms with E-state index in [1.807, 2.05) is 12.1 Å². The van der Waals surface area contributed by atoms with Gasteiger partial charge in [-0.1, -0.05) is 24.3 Å².